The standard InChI is InChI=1S/C25H28F3N3O3/c1-3-31(4-2)14-15-33-16-17-34-24(32)19-8-5-6-11-21(19)30-22-12-13-29-23-18(22)9-7-10-20(23)25(26,27)28/h5-13H,3-4,14-17H2,1-2H3,(H,29,30). The second-order valence-electron chi connectivity index (χ2n) is 7.50. The number of para-hydroxylation sites is 2. The molecule has 0 aliphatic carbocycles. The first kappa shape index (κ1) is 25.5. The van der Waals surface area contributed by atoms with E-state index >= 15 is 0 Å². The number of anilines is 2. The molecule has 9 heteroatoms. The maximum absolute atomic E-state index is 13.4. The molecule has 0 amide bonds. The summed E-state index contributed by atoms with van der Waals surface area (Å²) in [7, 11) is 0. The maximum atomic E-state index is 13.4. The van der Waals surface area contributed by atoms with Crippen molar-refractivity contribution in [2.24, 2.45) is 0 Å². The number of esters is 1. The molecule has 3 rings (SSSR count). The molecule has 0 atom stereocenters. The van der Waals surface area contributed by atoms with Gasteiger partial charge in [0, 0.05) is 23.8 Å². The van der Waals surface area contributed by atoms with E-state index in [4.69, 9.17) is 9.47 Å². The Morgan fingerprint density at radius 3 is 2.47 bits per heavy atom. The van der Waals surface area contributed by atoms with Crippen molar-refractivity contribution in [2.45, 2.75) is 20.0 Å². The van der Waals surface area contributed by atoms with Crippen LogP contribution < -0.4 is 5.32 Å². The fraction of sp³-hybridized carbons (Fsp3) is 0.360. The molecule has 0 unspecified atom stereocenters. The fourth-order valence-electron chi connectivity index (χ4n) is 3.54. The van der Waals surface area contributed by atoms with Crippen molar-refractivity contribution < 1.29 is 27.4 Å². The van der Waals surface area contributed by atoms with E-state index in [0.29, 0.717) is 23.4 Å². The predicted octanol–water partition coefficient (Wildman–Crippen LogP) is 5.51. The van der Waals surface area contributed by atoms with Crippen LogP contribution in [-0.2, 0) is 15.7 Å². The van der Waals surface area contributed by atoms with E-state index in [2.05, 4.69) is 29.0 Å². The van der Waals surface area contributed by atoms with Crippen molar-refractivity contribution in [3.63, 3.8) is 0 Å². The Hall–Kier alpha value is -3.17. The van der Waals surface area contributed by atoms with Crippen molar-refractivity contribution in [1.82, 2.24) is 9.88 Å². The van der Waals surface area contributed by atoms with E-state index in [1.54, 1.807) is 36.4 Å². The number of rotatable bonds is 11. The topological polar surface area (TPSA) is 63.7 Å². The molecule has 1 N–H and O–H groups in total. The Kier molecular flexibility index (Phi) is 8.84. The van der Waals surface area contributed by atoms with Gasteiger partial charge < -0.3 is 19.7 Å². The monoisotopic (exact) mass is 475 g/mol. The summed E-state index contributed by atoms with van der Waals surface area (Å²) < 4.78 is 51.0. The molecule has 3 aromatic rings. The number of hydrogen-bond acceptors (Lipinski definition) is 6. The molecule has 0 fully saturated rings. The summed E-state index contributed by atoms with van der Waals surface area (Å²) in [5.74, 6) is -0.551. The SMILES string of the molecule is CCN(CC)CCOCCOC(=O)c1ccccc1Nc1ccnc2c(C(F)(F)F)cccc12. The van der Waals surface area contributed by atoms with Crippen LogP contribution in [0, 0.1) is 0 Å². The van der Waals surface area contributed by atoms with Crippen LogP contribution in [0.5, 0.6) is 0 Å². The largest absolute Gasteiger partial charge is 0.460 e. The molecule has 182 valence electrons. The first-order chi connectivity index (χ1) is 16.3. The number of nitrogens with zero attached hydrogens (tertiary/aromatic N) is 2. The summed E-state index contributed by atoms with van der Waals surface area (Å²) in [5, 5.41) is 3.36. The van der Waals surface area contributed by atoms with Gasteiger partial charge in [0.25, 0.3) is 0 Å². The zero-order valence-corrected chi connectivity index (χ0v) is 19.2. The molecule has 1 heterocycles. The van der Waals surface area contributed by atoms with E-state index < -0.39 is 17.7 Å². The van der Waals surface area contributed by atoms with Gasteiger partial charge in [0.1, 0.15) is 6.61 Å². The van der Waals surface area contributed by atoms with E-state index in [-0.39, 0.29) is 24.3 Å². The lowest BCUT2D eigenvalue weighted by molar-refractivity contribution is -0.136. The van der Waals surface area contributed by atoms with Crippen LogP contribution in [0.4, 0.5) is 24.5 Å². The third kappa shape index (κ3) is 6.45. The number of carbonyl (C=O) groups excluding carboxylic acids is 1. The van der Waals surface area contributed by atoms with Gasteiger partial charge in [-0.1, -0.05) is 38.1 Å². The number of fused-ring (bicyclic) bond motifs is 1. The number of alkyl halides is 3. The molecular weight excluding hydrogens is 447 g/mol. The molecule has 0 aliphatic heterocycles. The second kappa shape index (κ2) is 11.8. The fourth-order valence-corrected chi connectivity index (χ4v) is 3.54. The molecule has 34 heavy (non-hydrogen) atoms. The van der Waals surface area contributed by atoms with E-state index in [1.807, 2.05) is 0 Å². The van der Waals surface area contributed by atoms with Crippen LogP contribution in [-0.4, -0.2) is 55.3 Å². The number of likely N-dealkylation sites (N-methyl/N-ethyl adjacent to an activating group) is 1. The summed E-state index contributed by atoms with van der Waals surface area (Å²) >= 11 is 0. The van der Waals surface area contributed by atoms with Gasteiger partial charge >= 0.3 is 12.1 Å². The third-order valence-corrected chi connectivity index (χ3v) is 5.40. The summed E-state index contributed by atoms with van der Waals surface area (Å²) in [4.78, 5) is 18.8. The van der Waals surface area contributed by atoms with Crippen LogP contribution >= 0.6 is 0 Å². The number of hydrogen-bond donors (Lipinski definition) is 1. The normalized spacial score (nSPS) is 11.7. The summed E-state index contributed by atoms with van der Waals surface area (Å²) in [5.41, 5.74) is 0.0998. The molecule has 6 nitrogen and oxygen atoms in total. The van der Waals surface area contributed by atoms with Crippen LogP contribution in [0.1, 0.15) is 29.8 Å². The van der Waals surface area contributed by atoms with Crippen molar-refractivity contribution in [3.05, 3.63) is 65.9 Å². The third-order valence-electron chi connectivity index (χ3n) is 5.40. The summed E-state index contributed by atoms with van der Waals surface area (Å²) in [6, 6.07) is 12.1. The van der Waals surface area contributed by atoms with Crippen molar-refractivity contribution in [2.75, 3.05) is 44.8 Å². The number of benzene rings is 2. The lowest BCUT2D eigenvalue weighted by Crippen LogP contribution is -2.27. The Bertz CT molecular complexity index is 1100. The predicted molar refractivity (Wildman–Crippen MR) is 125 cm³/mol. The molecule has 0 spiro atoms. The minimum atomic E-state index is -4.53. The molecule has 0 saturated heterocycles. The summed E-state index contributed by atoms with van der Waals surface area (Å²) in [6.45, 7) is 7.79. The minimum Gasteiger partial charge on any atom is -0.460 e. The molecule has 0 aliphatic rings. The Labute approximate surface area is 196 Å². The highest BCUT2D eigenvalue weighted by Crippen LogP contribution is 2.36. The van der Waals surface area contributed by atoms with Crippen molar-refractivity contribution in [1.29, 1.82) is 0 Å². The zero-order chi connectivity index (χ0) is 24.6. The van der Waals surface area contributed by atoms with Crippen molar-refractivity contribution >= 4 is 28.2 Å². The van der Waals surface area contributed by atoms with E-state index in [0.717, 1.165) is 25.7 Å². The lowest BCUT2D eigenvalue weighted by atomic mass is 10.1. The highest BCUT2D eigenvalue weighted by atomic mass is 19.4. The van der Waals surface area contributed by atoms with Gasteiger partial charge in [-0.2, -0.15) is 13.2 Å². The maximum Gasteiger partial charge on any atom is 0.418 e. The van der Waals surface area contributed by atoms with Gasteiger partial charge in [0.15, 0.2) is 0 Å². The van der Waals surface area contributed by atoms with Crippen LogP contribution in [0.3, 0.4) is 0 Å². The first-order valence-corrected chi connectivity index (χ1v) is 11.1. The van der Waals surface area contributed by atoms with Gasteiger partial charge in [-0.05, 0) is 37.4 Å². The van der Waals surface area contributed by atoms with Gasteiger partial charge in [0.05, 0.1) is 35.5 Å². The molecule has 1 aromatic heterocycles. The smallest absolute Gasteiger partial charge is 0.418 e. The number of pyridine rings is 1. The van der Waals surface area contributed by atoms with Gasteiger partial charge in [0.2, 0.25) is 0 Å². The average molecular weight is 476 g/mol. The van der Waals surface area contributed by atoms with E-state index in [1.165, 1.54) is 12.3 Å². The Morgan fingerprint density at radius 2 is 1.74 bits per heavy atom. The number of ether oxygens (including phenoxy) is 2. The summed E-state index contributed by atoms with van der Waals surface area (Å²) in [6.07, 6.45) is -3.23. The molecule has 0 saturated carbocycles. The zero-order valence-electron chi connectivity index (χ0n) is 19.2. The first-order valence-electron chi connectivity index (χ1n) is 11.1. The van der Waals surface area contributed by atoms with E-state index in [9.17, 15) is 18.0 Å². The Balaban J connectivity index is 1.68. The van der Waals surface area contributed by atoms with Gasteiger partial charge in [-0.25, -0.2) is 4.79 Å². The van der Waals surface area contributed by atoms with Gasteiger partial charge in [-0.15, -0.1) is 0 Å². The molecule has 2 aromatic carbocycles. The Morgan fingerprint density at radius 1 is 0.971 bits per heavy atom. The van der Waals surface area contributed by atoms with Crippen LogP contribution in [0.2, 0.25) is 0 Å². The lowest BCUT2D eigenvalue weighted by Gasteiger charge is -2.17. The van der Waals surface area contributed by atoms with Crippen LogP contribution in [0.15, 0.2) is 54.7 Å². The highest BCUT2D eigenvalue weighted by Gasteiger charge is 2.33. The molecule has 0 bridgehead atoms. The minimum absolute atomic E-state index is 0.0958. The van der Waals surface area contributed by atoms with Gasteiger partial charge in [-0.3, -0.25) is 4.98 Å². The molecular formula is C25H28F3N3O3. The number of aromatic nitrogens is 1. The number of carbonyl (C=O) groups is 1. The number of nitrogens with one attached hydrogen (secondary N) is 1. The van der Waals surface area contributed by atoms with Crippen molar-refractivity contribution in [3.8, 4) is 0 Å². The number of halogens is 3. The highest BCUT2D eigenvalue weighted by molar-refractivity contribution is 6.00. The average Bonchev–Trinajstić information content (AvgIpc) is 2.83. The van der Waals surface area contributed by atoms with Crippen LogP contribution in [0.25, 0.3) is 10.9 Å². The molecule has 0 radical (unpaired) electrons. The quantitative estimate of drug-likeness (QED) is 0.291. The second-order valence-corrected chi connectivity index (χ2v) is 7.50.